The highest BCUT2D eigenvalue weighted by Crippen LogP contribution is 2.30. The molecule has 4 rings (SSSR count). The van der Waals surface area contributed by atoms with Gasteiger partial charge in [0.1, 0.15) is 6.33 Å². The van der Waals surface area contributed by atoms with Crippen molar-refractivity contribution in [2.45, 2.75) is 0 Å². The van der Waals surface area contributed by atoms with Crippen molar-refractivity contribution in [3.63, 3.8) is 0 Å². The van der Waals surface area contributed by atoms with Crippen molar-refractivity contribution in [2.24, 2.45) is 0 Å². The van der Waals surface area contributed by atoms with Gasteiger partial charge in [0.05, 0.1) is 16.1 Å². The zero-order valence-electron chi connectivity index (χ0n) is 15.1. The van der Waals surface area contributed by atoms with E-state index in [-0.39, 0.29) is 11.6 Å². The Kier molecular flexibility index (Phi) is 4.81. The van der Waals surface area contributed by atoms with Crippen LogP contribution in [0.2, 0.25) is 0 Å². The fourth-order valence-corrected chi connectivity index (χ4v) is 2.90. The lowest BCUT2D eigenvalue weighted by molar-refractivity contribution is -0.384. The first-order valence-corrected chi connectivity index (χ1v) is 8.74. The minimum atomic E-state index is -0.479. The maximum atomic E-state index is 12.8. The number of benzene rings is 3. The molecule has 0 saturated carbocycles. The number of hydrogen-bond donors (Lipinski definition) is 1. The molecule has 0 saturated heterocycles. The molecule has 0 fully saturated rings. The quantitative estimate of drug-likeness (QED) is 0.411. The van der Waals surface area contributed by atoms with E-state index in [0.29, 0.717) is 28.0 Å². The van der Waals surface area contributed by atoms with Crippen LogP contribution in [0.15, 0.2) is 85.2 Å². The highest BCUT2D eigenvalue weighted by atomic mass is 16.6. The van der Waals surface area contributed by atoms with E-state index in [4.69, 9.17) is 0 Å². The van der Waals surface area contributed by atoms with Gasteiger partial charge in [0, 0.05) is 23.1 Å². The number of anilines is 2. The number of nitrogens with zero attached hydrogens (tertiary/aromatic N) is 4. The summed E-state index contributed by atoms with van der Waals surface area (Å²) in [6.07, 6.45) is 1.31. The Balaban J connectivity index is 1.81. The molecule has 0 bridgehead atoms. The summed E-state index contributed by atoms with van der Waals surface area (Å²) >= 11 is 0. The van der Waals surface area contributed by atoms with Gasteiger partial charge in [0.2, 0.25) is 0 Å². The lowest BCUT2D eigenvalue weighted by Crippen LogP contribution is -2.39. The molecule has 0 atom stereocenters. The Labute approximate surface area is 165 Å². The largest absolute Gasteiger partial charge is 0.271 e. The molecule has 0 spiro atoms. The van der Waals surface area contributed by atoms with E-state index in [2.05, 4.69) is 15.4 Å². The van der Waals surface area contributed by atoms with Crippen LogP contribution in [0.1, 0.15) is 10.4 Å². The molecular formula is C21H15N5O3. The summed E-state index contributed by atoms with van der Waals surface area (Å²) in [5.74, 6) is 0.0866. The molecule has 0 aliphatic heterocycles. The summed E-state index contributed by atoms with van der Waals surface area (Å²) < 4.78 is 0. The van der Waals surface area contributed by atoms with Gasteiger partial charge in [-0.25, -0.2) is 15.0 Å². The fraction of sp³-hybridized carbons (Fsp3) is 0. The Morgan fingerprint density at radius 3 is 2.31 bits per heavy atom. The van der Waals surface area contributed by atoms with Crippen molar-refractivity contribution < 1.29 is 9.72 Å². The van der Waals surface area contributed by atoms with Crippen molar-refractivity contribution >= 4 is 34.0 Å². The van der Waals surface area contributed by atoms with Crippen LogP contribution in [-0.4, -0.2) is 20.8 Å². The Morgan fingerprint density at radius 2 is 1.62 bits per heavy atom. The number of amides is 1. The smallest absolute Gasteiger partial charge is 0.267 e. The van der Waals surface area contributed by atoms with E-state index in [1.54, 1.807) is 35.3 Å². The summed E-state index contributed by atoms with van der Waals surface area (Å²) in [7, 11) is 0. The summed E-state index contributed by atoms with van der Waals surface area (Å²) in [6, 6.07) is 22.3. The molecule has 8 heteroatoms. The van der Waals surface area contributed by atoms with Crippen LogP contribution in [0, 0.1) is 10.1 Å². The first-order chi connectivity index (χ1) is 14.1. The minimum absolute atomic E-state index is 0.0678. The van der Waals surface area contributed by atoms with Gasteiger partial charge in [-0.15, -0.1) is 0 Å². The third-order valence-corrected chi connectivity index (χ3v) is 4.29. The highest BCUT2D eigenvalue weighted by molar-refractivity contribution is 5.98. The minimum Gasteiger partial charge on any atom is -0.267 e. The maximum absolute atomic E-state index is 12.8. The Hall–Kier alpha value is -4.33. The number of carbonyl (C=O) groups is 1. The fourth-order valence-electron chi connectivity index (χ4n) is 2.90. The van der Waals surface area contributed by atoms with Crippen LogP contribution in [0.5, 0.6) is 0 Å². The second-order valence-electron chi connectivity index (χ2n) is 6.13. The van der Waals surface area contributed by atoms with Gasteiger partial charge in [-0.1, -0.05) is 36.4 Å². The van der Waals surface area contributed by atoms with E-state index < -0.39 is 4.92 Å². The number of nitro benzene ring substituents is 1. The molecule has 1 N–H and O–H groups in total. The Bertz CT molecular complexity index is 1180. The molecule has 29 heavy (non-hydrogen) atoms. The van der Waals surface area contributed by atoms with E-state index in [0.717, 1.165) is 0 Å². The van der Waals surface area contributed by atoms with Crippen LogP contribution in [0.3, 0.4) is 0 Å². The monoisotopic (exact) mass is 385 g/mol. The van der Waals surface area contributed by atoms with Crippen molar-refractivity contribution in [1.29, 1.82) is 0 Å². The molecule has 3 aromatic carbocycles. The summed E-state index contributed by atoms with van der Waals surface area (Å²) in [5, 5.41) is 13.2. The lowest BCUT2D eigenvalue weighted by Gasteiger charge is -2.25. The molecule has 0 aliphatic carbocycles. The number of aromatic nitrogens is 2. The van der Waals surface area contributed by atoms with Crippen LogP contribution < -0.4 is 10.4 Å². The third kappa shape index (κ3) is 3.72. The van der Waals surface area contributed by atoms with Gasteiger partial charge in [-0.05, 0) is 30.3 Å². The summed E-state index contributed by atoms with van der Waals surface area (Å²) in [6.45, 7) is 0. The van der Waals surface area contributed by atoms with Crippen LogP contribution in [0.25, 0.3) is 10.9 Å². The number of para-hydroxylation sites is 1. The summed E-state index contributed by atoms with van der Waals surface area (Å²) in [5.41, 5.74) is 4.36. The topological polar surface area (TPSA) is 101 Å². The zero-order valence-corrected chi connectivity index (χ0v) is 15.1. The van der Waals surface area contributed by atoms with Gasteiger partial charge >= 0.3 is 0 Å². The lowest BCUT2D eigenvalue weighted by atomic mass is 10.2. The first-order valence-electron chi connectivity index (χ1n) is 8.74. The van der Waals surface area contributed by atoms with E-state index >= 15 is 0 Å². The predicted molar refractivity (Wildman–Crippen MR) is 109 cm³/mol. The molecule has 8 nitrogen and oxygen atoms in total. The van der Waals surface area contributed by atoms with E-state index in [1.165, 1.54) is 18.5 Å². The van der Waals surface area contributed by atoms with Crippen molar-refractivity contribution in [3.05, 3.63) is 101 Å². The number of rotatable bonds is 5. The van der Waals surface area contributed by atoms with E-state index in [1.807, 2.05) is 36.4 Å². The number of nitro groups is 1. The molecule has 1 amide bonds. The van der Waals surface area contributed by atoms with E-state index in [9.17, 15) is 14.9 Å². The van der Waals surface area contributed by atoms with Gasteiger partial charge in [0.15, 0.2) is 5.82 Å². The number of fused-ring (bicyclic) bond motifs is 1. The van der Waals surface area contributed by atoms with Gasteiger partial charge in [-0.2, -0.15) is 0 Å². The van der Waals surface area contributed by atoms with Crippen LogP contribution in [-0.2, 0) is 0 Å². The van der Waals surface area contributed by atoms with Gasteiger partial charge < -0.3 is 0 Å². The highest BCUT2D eigenvalue weighted by Gasteiger charge is 2.19. The molecular weight excluding hydrogens is 370 g/mol. The molecule has 1 heterocycles. The molecule has 142 valence electrons. The molecule has 0 unspecified atom stereocenters. The average molecular weight is 385 g/mol. The van der Waals surface area contributed by atoms with Crippen molar-refractivity contribution in [3.8, 4) is 0 Å². The molecule has 0 radical (unpaired) electrons. The van der Waals surface area contributed by atoms with Crippen molar-refractivity contribution in [1.82, 2.24) is 15.4 Å². The molecule has 0 aliphatic rings. The first kappa shape index (κ1) is 18.1. The molecule has 1 aromatic heterocycles. The zero-order chi connectivity index (χ0) is 20.2. The number of carbonyl (C=O) groups excluding carboxylic acids is 1. The maximum Gasteiger partial charge on any atom is 0.271 e. The van der Waals surface area contributed by atoms with Gasteiger partial charge in [0.25, 0.3) is 11.6 Å². The standard InChI is InChI=1S/C21H15N5O3/c27-21(15-7-3-1-4-8-15)24-25(16-9-5-2-6-10-16)20-18-12-11-17(26(28)29)13-19(18)22-14-23-20/h1-14H,(H,24,27). The van der Waals surface area contributed by atoms with Crippen molar-refractivity contribution in [2.75, 3.05) is 5.01 Å². The number of nitrogens with one attached hydrogen (secondary N) is 1. The number of hydrogen-bond acceptors (Lipinski definition) is 6. The second kappa shape index (κ2) is 7.73. The molecule has 4 aromatic rings. The van der Waals surface area contributed by atoms with Crippen LogP contribution in [0.4, 0.5) is 17.2 Å². The summed E-state index contributed by atoms with van der Waals surface area (Å²) in [4.78, 5) is 31.9. The van der Waals surface area contributed by atoms with Gasteiger partial charge in [-0.3, -0.25) is 20.3 Å². The predicted octanol–water partition coefficient (Wildman–Crippen LogP) is 4.02. The SMILES string of the molecule is O=C(NN(c1ccccc1)c1ncnc2cc([N+](=O)[O-])ccc12)c1ccccc1. The third-order valence-electron chi connectivity index (χ3n) is 4.29. The van der Waals surface area contributed by atoms with Crippen LogP contribution >= 0.6 is 0 Å². The second-order valence-corrected chi connectivity index (χ2v) is 6.13. The normalized spacial score (nSPS) is 10.5. The number of non-ortho nitro benzene ring substituents is 1. The number of hydrazine groups is 1. The average Bonchev–Trinajstić information content (AvgIpc) is 2.77. The Morgan fingerprint density at radius 1 is 0.931 bits per heavy atom.